The molecule has 0 atom stereocenters. The average Bonchev–Trinajstić information content (AvgIpc) is 2.50. The number of piperidine rings is 1. The molecule has 1 aliphatic heterocycles. The Bertz CT molecular complexity index is 487. The Hall–Kier alpha value is -0.770. The number of hydrogen-bond donors (Lipinski definition) is 1. The van der Waals surface area contributed by atoms with Crippen molar-refractivity contribution in [3.63, 3.8) is 0 Å². The maximum Gasteiger partial charge on any atom is 0.222 e. The number of nitrogens with zero attached hydrogens (tertiary/aromatic N) is 1. The highest BCUT2D eigenvalue weighted by atomic mass is 35.5. The molecule has 5 heteroatoms. The van der Waals surface area contributed by atoms with Crippen LogP contribution in [-0.2, 0) is 11.3 Å². The molecule has 3 nitrogen and oxygen atoms in total. The first-order valence-corrected chi connectivity index (χ1v) is 8.21. The third-order valence-corrected chi connectivity index (χ3v) is 4.95. The second-order valence-corrected chi connectivity index (χ2v) is 6.48. The summed E-state index contributed by atoms with van der Waals surface area (Å²) in [4.78, 5) is 14.0. The lowest BCUT2D eigenvalue weighted by Crippen LogP contribution is -2.30. The van der Waals surface area contributed by atoms with Gasteiger partial charge in [0, 0.05) is 20.0 Å². The quantitative estimate of drug-likeness (QED) is 0.893. The van der Waals surface area contributed by atoms with Crippen molar-refractivity contribution in [3.8, 4) is 0 Å². The number of benzene rings is 1. The molecule has 0 aromatic heterocycles. The zero-order valence-corrected chi connectivity index (χ0v) is 13.9. The molecule has 1 aromatic rings. The fourth-order valence-corrected chi connectivity index (χ4v) is 3.08. The SMILES string of the molecule is CN(Cc1cccc(Cl)c1Cl)C(=O)CCC1CCNCC1. The highest BCUT2D eigenvalue weighted by Crippen LogP contribution is 2.26. The molecule has 1 heterocycles. The molecule has 1 fully saturated rings. The summed E-state index contributed by atoms with van der Waals surface area (Å²) in [5.74, 6) is 0.850. The fourth-order valence-electron chi connectivity index (χ4n) is 2.70. The molecule has 1 aromatic carbocycles. The van der Waals surface area contributed by atoms with Crippen LogP contribution in [0, 0.1) is 5.92 Å². The van der Waals surface area contributed by atoms with Crippen molar-refractivity contribution in [3.05, 3.63) is 33.8 Å². The molecule has 0 spiro atoms. The molecular weight excluding hydrogens is 307 g/mol. The van der Waals surface area contributed by atoms with E-state index in [2.05, 4.69) is 5.32 Å². The van der Waals surface area contributed by atoms with E-state index in [1.165, 1.54) is 12.8 Å². The lowest BCUT2D eigenvalue weighted by molar-refractivity contribution is -0.130. The van der Waals surface area contributed by atoms with E-state index in [0.717, 1.165) is 25.1 Å². The summed E-state index contributed by atoms with van der Waals surface area (Å²) in [5.41, 5.74) is 0.891. The standard InChI is InChI=1S/C16H22Cl2N2O/c1-20(11-13-3-2-4-14(17)16(13)18)15(21)6-5-12-7-9-19-10-8-12/h2-4,12,19H,5-11H2,1H3. The number of nitrogens with one attached hydrogen (secondary N) is 1. The predicted octanol–water partition coefficient (Wildman–Crippen LogP) is 3.73. The zero-order valence-electron chi connectivity index (χ0n) is 12.4. The maximum atomic E-state index is 12.2. The van der Waals surface area contributed by atoms with E-state index in [-0.39, 0.29) is 5.91 Å². The third kappa shape index (κ3) is 4.87. The number of carbonyl (C=O) groups is 1. The number of amides is 1. The van der Waals surface area contributed by atoms with E-state index in [4.69, 9.17) is 23.2 Å². The van der Waals surface area contributed by atoms with Crippen molar-refractivity contribution >= 4 is 29.1 Å². The van der Waals surface area contributed by atoms with Gasteiger partial charge in [-0.1, -0.05) is 35.3 Å². The largest absolute Gasteiger partial charge is 0.341 e. The van der Waals surface area contributed by atoms with E-state index >= 15 is 0 Å². The van der Waals surface area contributed by atoms with Gasteiger partial charge < -0.3 is 10.2 Å². The Morgan fingerprint density at radius 3 is 2.76 bits per heavy atom. The Kier molecular flexibility index (Phi) is 6.34. The topological polar surface area (TPSA) is 32.3 Å². The van der Waals surface area contributed by atoms with Gasteiger partial charge in [0.25, 0.3) is 0 Å². The van der Waals surface area contributed by atoms with Crippen LogP contribution in [0.2, 0.25) is 10.0 Å². The first kappa shape index (κ1) is 16.6. The molecule has 0 bridgehead atoms. The van der Waals surface area contributed by atoms with Crippen molar-refractivity contribution in [1.29, 1.82) is 0 Å². The molecule has 0 unspecified atom stereocenters. The van der Waals surface area contributed by atoms with Crippen molar-refractivity contribution in [2.24, 2.45) is 5.92 Å². The van der Waals surface area contributed by atoms with Crippen LogP contribution in [0.4, 0.5) is 0 Å². The van der Waals surface area contributed by atoms with Gasteiger partial charge in [0.05, 0.1) is 10.0 Å². The monoisotopic (exact) mass is 328 g/mol. The Balaban J connectivity index is 1.83. The summed E-state index contributed by atoms with van der Waals surface area (Å²) in [7, 11) is 1.82. The molecule has 1 saturated heterocycles. The van der Waals surface area contributed by atoms with Crippen LogP contribution in [0.1, 0.15) is 31.2 Å². The van der Waals surface area contributed by atoms with Crippen molar-refractivity contribution < 1.29 is 4.79 Å². The van der Waals surface area contributed by atoms with Crippen LogP contribution in [-0.4, -0.2) is 30.9 Å². The smallest absolute Gasteiger partial charge is 0.222 e. The van der Waals surface area contributed by atoms with Gasteiger partial charge in [0.15, 0.2) is 0 Å². The van der Waals surface area contributed by atoms with E-state index in [1.54, 1.807) is 11.0 Å². The molecule has 2 rings (SSSR count). The minimum absolute atomic E-state index is 0.171. The van der Waals surface area contributed by atoms with Crippen LogP contribution in [0.3, 0.4) is 0 Å². The van der Waals surface area contributed by atoms with E-state index in [9.17, 15) is 4.79 Å². The van der Waals surface area contributed by atoms with Crippen molar-refractivity contribution in [1.82, 2.24) is 10.2 Å². The summed E-state index contributed by atoms with van der Waals surface area (Å²) in [5, 5.41) is 4.42. The van der Waals surface area contributed by atoms with Crippen LogP contribution < -0.4 is 5.32 Å². The van der Waals surface area contributed by atoms with Crippen molar-refractivity contribution in [2.75, 3.05) is 20.1 Å². The van der Waals surface area contributed by atoms with Gasteiger partial charge in [-0.15, -0.1) is 0 Å². The molecule has 0 aliphatic carbocycles. The summed E-state index contributed by atoms with van der Waals surface area (Å²) in [6.45, 7) is 2.66. The number of halogens is 2. The van der Waals surface area contributed by atoms with Gasteiger partial charge in [0.2, 0.25) is 5.91 Å². The van der Waals surface area contributed by atoms with Gasteiger partial charge in [-0.25, -0.2) is 0 Å². The number of hydrogen-bond acceptors (Lipinski definition) is 2. The molecule has 0 saturated carbocycles. The molecule has 1 aliphatic rings. The van der Waals surface area contributed by atoms with Crippen LogP contribution in [0.15, 0.2) is 18.2 Å². The first-order valence-electron chi connectivity index (χ1n) is 7.45. The van der Waals surface area contributed by atoms with Crippen LogP contribution in [0.25, 0.3) is 0 Å². The minimum Gasteiger partial charge on any atom is -0.341 e. The highest BCUT2D eigenvalue weighted by molar-refractivity contribution is 6.42. The predicted molar refractivity (Wildman–Crippen MR) is 87.8 cm³/mol. The summed E-state index contributed by atoms with van der Waals surface area (Å²) < 4.78 is 0. The summed E-state index contributed by atoms with van der Waals surface area (Å²) in [6.07, 6.45) is 3.95. The Labute approximate surface area is 136 Å². The molecular formula is C16H22Cl2N2O. The van der Waals surface area contributed by atoms with Crippen LogP contribution in [0.5, 0.6) is 0 Å². The Morgan fingerprint density at radius 2 is 2.05 bits per heavy atom. The van der Waals surface area contributed by atoms with E-state index in [1.807, 2.05) is 19.2 Å². The first-order chi connectivity index (χ1) is 10.1. The Morgan fingerprint density at radius 1 is 1.33 bits per heavy atom. The number of carbonyl (C=O) groups excluding carboxylic acids is 1. The average molecular weight is 329 g/mol. The highest BCUT2D eigenvalue weighted by Gasteiger charge is 2.17. The van der Waals surface area contributed by atoms with Gasteiger partial charge in [0.1, 0.15) is 0 Å². The second-order valence-electron chi connectivity index (χ2n) is 5.69. The molecule has 116 valence electrons. The van der Waals surface area contributed by atoms with Crippen molar-refractivity contribution in [2.45, 2.75) is 32.2 Å². The molecule has 21 heavy (non-hydrogen) atoms. The molecule has 1 amide bonds. The normalized spacial score (nSPS) is 16.0. The summed E-state index contributed by atoms with van der Waals surface area (Å²) in [6, 6.07) is 5.52. The third-order valence-electron chi connectivity index (χ3n) is 4.09. The van der Waals surface area contributed by atoms with E-state index < -0.39 is 0 Å². The van der Waals surface area contributed by atoms with Gasteiger partial charge in [-0.2, -0.15) is 0 Å². The van der Waals surface area contributed by atoms with E-state index in [0.29, 0.717) is 28.9 Å². The summed E-state index contributed by atoms with van der Waals surface area (Å²) >= 11 is 12.2. The van der Waals surface area contributed by atoms with Crippen LogP contribution >= 0.6 is 23.2 Å². The minimum atomic E-state index is 0.171. The zero-order chi connectivity index (χ0) is 15.2. The molecule has 1 N–H and O–H groups in total. The molecule has 0 radical (unpaired) electrons. The maximum absolute atomic E-state index is 12.2. The van der Waals surface area contributed by atoms with Gasteiger partial charge >= 0.3 is 0 Å². The lowest BCUT2D eigenvalue weighted by atomic mass is 9.93. The number of rotatable bonds is 5. The second kappa shape index (κ2) is 8.02. The van der Waals surface area contributed by atoms with Gasteiger partial charge in [-0.3, -0.25) is 4.79 Å². The fraction of sp³-hybridized carbons (Fsp3) is 0.562. The van der Waals surface area contributed by atoms with Gasteiger partial charge in [-0.05, 0) is 49.9 Å². The lowest BCUT2D eigenvalue weighted by Gasteiger charge is -2.24.